The number of aryl methyl sites for hydroxylation is 3. The Morgan fingerprint density at radius 1 is 1.26 bits per heavy atom. The highest BCUT2D eigenvalue weighted by Crippen LogP contribution is 2.16. The van der Waals surface area contributed by atoms with E-state index < -0.39 is 5.95 Å². The molecule has 0 fully saturated rings. The number of carbonyl (C=O) groups excluding carboxylic acids is 1. The summed E-state index contributed by atoms with van der Waals surface area (Å²) in [7, 11) is 0. The van der Waals surface area contributed by atoms with Gasteiger partial charge in [0.1, 0.15) is 10.0 Å². The van der Waals surface area contributed by atoms with Crippen LogP contribution in [0.4, 0.5) is 4.39 Å². The fourth-order valence-electron chi connectivity index (χ4n) is 2.32. The minimum absolute atomic E-state index is 0.250. The van der Waals surface area contributed by atoms with Crippen molar-refractivity contribution in [1.82, 2.24) is 15.2 Å². The maximum atomic E-state index is 13.4. The SMILES string of the molecule is Cc1nnc(CCCCC(/C=C\CCc2ccccn2)=C(/N)F)s1.NC=O. The highest BCUT2D eigenvalue weighted by atomic mass is 32.1. The van der Waals surface area contributed by atoms with Gasteiger partial charge in [0, 0.05) is 23.9 Å². The van der Waals surface area contributed by atoms with Crippen molar-refractivity contribution in [1.29, 1.82) is 0 Å². The molecule has 2 heterocycles. The third-order valence-corrected chi connectivity index (χ3v) is 4.47. The molecule has 2 aromatic rings. The van der Waals surface area contributed by atoms with Gasteiger partial charge in [-0.3, -0.25) is 9.78 Å². The Hall–Kier alpha value is -2.61. The molecule has 2 rings (SSSR count). The molecule has 146 valence electrons. The highest BCUT2D eigenvalue weighted by Gasteiger charge is 2.03. The standard InChI is InChI=1S/C18H23FN4S.CH3NO/c1-14-22-23-17(24-14)12-5-3-9-15(18(19)20)8-2-4-10-16-11-6-7-13-21-16;2-1-3/h2,6-8,11,13H,3-5,9-10,12,20H2,1H3;1H,(H2,2,3)/b8-2-,18-15+;. The van der Waals surface area contributed by atoms with E-state index in [-0.39, 0.29) is 6.41 Å². The molecule has 6 nitrogen and oxygen atoms in total. The lowest BCUT2D eigenvalue weighted by atomic mass is 10.1. The molecule has 0 unspecified atom stereocenters. The first-order valence-corrected chi connectivity index (χ1v) is 9.53. The maximum absolute atomic E-state index is 13.4. The Kier molecular flexibility index (Phi) is 11.3. The van der Waals surface area contributed by atoms with Crippen LogP contribution in [-0.2, 0) is 17.6 Å². The zero-order valence-electron chi connectivity index (χ0n) is 15.5. The monoisotopic (exact) mass is 391 g/mol. The summed E-state index contributed by atoms with van der Waals surface area (Å²) >= 11 is 1.61. The topological polar surface area (TPSA) is 108 Å². The minimum atomic E-state index is -0.587. The van der Waals surface area contributed by atoms with Gasteiger partial charge in [0.25, 0.3) is 0 Å². The van der Waals surface area contributed by atoms with Crippen molar-refractivity contribution >= 4 is 17.7 Å². The van der Waals surface area contributed by atoms with Crippen molar-refractivity contribution in [3.8, 4) is 0 Å². The second-order valence-corrected chi connectivity index (χ2v) is 6.96. The van der Waals surface area contributed by atoms with E-state index in [1.165, 1.54) is 0 Å². The maximum Gasteiger partial charge on any atom is 0.204 e. The van der Waals surface area contributed by atoms with Crippen molar-refractivity contribution in [2.75, 3.05) is 0 Å². The van der Waals surface area contributed by atoms with Gasteiger partial charge in [-0.15, -0.1) is 21.5 Å². The Morgan fingerprint density at radius 3 is 2.63 bits per heavy atom. The van der Waals surface area contributed by atoms with Gasteiger partial charge in [0.05, 0.1) is 0 Å². The fraction of sp³-hybridized carbons (Fsp3) is 0.368. The van der Waals surface area contributed by atoms with Crippen LogP contribution in [0, 0.1) is 6.92 Å². The van der Waals surface area contributed by atoms with E-state index in [9.17, 15) is 4.39 Å². The van der Waals surface area contributed by atoms with Gasteiger partial charge in [-0.2, -0.15) is 4.39 Å². The van der Waals surface area contributed by atoms with Crippen LogP contribution in [0.2, 0.25) is 0 Å². The first-order chi connectivity index (χ1) is 13.1. The number of aromatic nitrogens is 3. The van der Waals surface area contributed by atoms with Crippen LogP contribution in [0.5, 0.6) is 0 Å². The molecule has 0 aliphatic rings. The smallest absolute Gasteiger partial charge is 0.204 e. The van der Waals surface area contributed by atoms with Crippen LogP contribution in [0.25, 0.3) is 0 Å². The summed E-state index contributed by atoms with van der Waals surface area (Å²) in [4.78, 5) is 12.9. The number of halogens is 1. The molecule has 8 heteroatoms. The fourth-order valence-corrected chi connectivity index (χ4v) is 3.07. The largest absolute Gasteiger partial charge is 0.375 e. The van der Waals surface area contributed by atoms with Gasteiger partial charge in [0.2, 0.25) is 6.41 Å². The predicted octanol–water partition coefficient (Wildman–Crippen LogP) is 3.38. The number of hydrogen-bond acceptors (Lipinski definition) is 6. The number of rotatable bonds is 9. The Balaban J connectivity index is 0.00000114. The molecule has 0 saturated heterocycles. The Labute approximate surface area is 163 Å². The zero-order chi connectivity index (χ0) is 19.9. The summed E-state index contributed by atoms with van der Waals surface area (Å²) in [5, 5.41) is 10.1. The second kappa shape index (κ2) is 13.6. The first-order valence-electron chi connectivity index (χ1n) is 8.71. The minimum Gasteiger partial charge on any atom is -0.375 e. The summed E-state index contributed by atoms with van der Waals surface area (Å²) in [5.41, 5.74) is 11.1. The average Bonchev–Trinajstić information content (AvgIpc) is 3.07. The molecule has 0 radical (unpaired) electrons. The van der Waals surface area contributed by atoms with Gasteiger partial charge >= 0.3 is 0 Å². The van der Waals surface area contributed by atoms with Gasteiger partial charge < -0.3 is 11.5 Å². The quantitative estimate of drug-likeness (QED) is 0.295. The van der Waals surface area contributed by atoms with E-state index in [2.05, 4.69) is 20.9 Å². The van der Waals surface area contributed by atoms with E-state index in [0.717, 1.165) is 47.8 Å². The molecular weight excluding hydrogens is 365 g/mol. The molecule has 4 N–H and O–H groups in total. The van der Waals surface area contributed by atoms with Crippen molar-refractivity contribution in [3.05, 3.63) is 63.8 Å². The molecule has 0 atom stereocenters. The molecule has 0 spiro atoms. The molecule has 0 aromatic carbocycles. The molecule has 27 heavy (non-hydrogen) atoms. The van der Waals surface area contributed by atoms with Crippen LogP contribution < -0.4 is 11.5 Å². The number of nitrogens with zero attached hydrogens (tertiary/aromatic N) is 3. The van der Waals surface area contributed by atoms with E-state index in [1.807, 2.05) is 31.2 Å². The number of allylic oxidation sites excluding steroid dienone is 3. The lowest BCUT2D eigenvalue weighted by Gasteiger charge is -2.03. The first kappa shape index (κ1) is 22.4. The van der Waals surface area contributed by atoms with Crippen LogP contribution in [0.1, 0.15) is 41.4 Å². The van der Waals surface area contributed by atoms with Gasteiger partial charge in [-0.05, 0) is 51.2 Å². The second-order valence-electron chi connectivity index (χ2n) is 5.69. The van der Waals surface area contributed by atoms with E-state index >= 15 is 0 Å². The Bertz CT molecular complexity index is 727. The lowest BCUT2D eigenvalue weighted by molar-refractivity contribution is -0.106. The third-order valence-electron chi connectivity index (χ3n) is 3.57. The zero-order valence-corrected chi connectivity index (χ0v) is 16.3. The summed E-state index contributed by atoms with van der Waals surface area (Å²) in [5.74, 6) is -0.587. The van der Waals surface area contributed by atoms with Gasteiger partial charge in [-0.25, -0.2) is 0 Å². The lowest BCUT2D eigenvalue weighted by Crippen LogP contribution is -1.96. The van der Waals surface area contributed by atoms with Crippen LogP contribution in [0.3, 0.4) is 0 Å². The summed E-state index contributed by atoms with van der Waals surface area (Å²) in [6.07, 6.45) is 10.8. The van der Waals surface area contributed by atoms with Crippen molar-refractivity contribution in [3.63, 3.8) is 0 Å². The van der Waals surface area contributed by atoms with Crippen LogP contribution in [0.15, 0.2) is 48.1 Å². The number of unbranched alkanes of at least 4 members (excludes halogenated alkanes) is 1. The highest BCUT2D eigenvalue weighted by molar-refractivity contribution is 7.11. The number of amides is 1. The molecule has 1 amide bonds. The van der Waals surface area contributed by atoms with Crippen LogP contribution in [-0.4, -0.2) is 21.6 Å². The number of primary amides is 1. The van der Waals surface area contributed by atoms with E-state index in [4.69, 9.17) is 10.5 Å². The van der Waals surface area contributed by atoms with Gasteiger partial charge in [-0.1, -0.05) is 18.2 Å². The number of nitrogens with two attached hydrogens (primary N) is 2. The van der Waals surface area contributed by atoms with Crippen molar-refractivity contribution in [2.24, 2.45) is 11.5 Å². The molecule has 0 bridgehead atoms. The normalized spacial score (nSPS) is 11.6. The van der Waals surface area contributed by atoms with Crippen molar-refractivity contribution in [2.45, 2.75) is 45.4 Å². The molecule has 0 aliphatic heterocycles. The third kappa shape index (κ3) is 10.2. The van der Waals surface area contributed by atoms with Gasteiger partial charge in [0.15, 0.2) is 5.95 Å². The predicted molar refractivity (Wildman–Crippen MR) is 106 cm³/mol. The van der Waals surface area contributed by atoms with Crippen molar-refractivity contribution < 1.29 is 9.18 Å². The molecule has 0 aliphatic carbocycles. The number of pyridine rings is 1. The van der Waals surface area contributed by atoms with E-state index in [0.29, 0.717) is 12.0 Å². The summed E-state index contributed by atoms with van der Waals surface area (Å²) in [6, 6.07) is 5.85. The molecule has 0 saturated carbocycles. The van der Waals surface area contributed by atoms with Crippen LogP contribution >= 0.6 is 11.3 Å². The number of carbonyl (C=O) groups is 1. The van der Waals surface area contributed by atoms with E-state index in [1.54, 1.807) is 23.6 Å². The molecule has 2 aromatic heterocycles. The summed E-state index contributed by atoms with van der Waals surface area (Å²) in [6.45, 7) is 1.95. The summed E-state index contributed by atoms with van der Waals surface area (Å²) < 4.78 is 13.4. The Morgan fingerprint density at radius 2 is 2.04 bits per heavy atom. The number of hydrogen-bond donors (Lipinski definition) is 2. The molecular formula is C19H26FN5OS. The average molecular weight is 392 g/mol.